The molecule has 1 amide bonds. The molecule has 0 bridgehead atoms. The van der Waals surface area contributed by atoms with Crippen LogP contribution in [0.4, 0.5) is 29.6 Å². The Morgan fingerprint density at radius 2 is 1.63 bits per heavy atom. The zero-order valence-corrected chi connectivity index (χ0v) is 26.4. The van der Waals surface area contributed by atoms with Crippen molar-refractivity contribution in [2.24, 2.45) is 5.41 Å². The molecular weight excluding hydrogens is 589 g/mol. The lowest BCUT2D eigenvalue weighted by Crippen LogP contribution is -2.68. The van der Waals surface area contributed by atoms with Crippen LogP contribution in [0, 0.1) is 5.41 Å². The van der Waals surface area contributed by atoms with Crippen molar-refractivity contribution in [2.45, 2.75) is 89.8 Å². The van der Waals surface area contributed by atoms with E-state index in [1.165, 1.54) is 0 Å². The maximum atomic E-state index is 13.9. The summed E-state index contributed by atoms with van der Waals surface area (Å²) in [5.41, 5.74) is -0.862. The van der Waals surface area contributed by atoms with Gasteiger partial charge in [-0.1, -0.05) is 6.42 Å². The van der Waals surface area contributed by atoms with Crippen molar-refractivity contribution in [1.82, 2.24) is 19.8 Å². The first-order valence-corrected chi connectivity index (χ1v) is 16.8. The Labute approximate surface area is 251 Å². The van der Waals surface area contributed by atoms with Crippen molar-refractivity contribution in [2.75, 3.05) is 61.9 Å². The molecule has 1 spiro atoms. The zero-order chi connectivity index (χ0) is 31.4. The quantitative estimate of drug-likeness (QED) is 0.446. The smallest absolute Gasteiger partial charge is 0.444 e. The van der Waals surface area contributed by atoms with Gasteiger partial charge in [-0.05, 0) is 53.4 Å². The van der Waals surface area contributed by atoms with Crippen LogP contribution in [0.2, 0.25) is 0 Å². The minimum atomic E-state index is -4.70. The number of piperazine rings is 1. The van der Waals surface area contributed by atoms with Crippen LogP contribution < -0.4 is 9.80 Å². The fourth-order valence-electron chi connectivity index (χ4n) is 6.95. The number of anilines is 2. The van der Waals surface area contributed by atoms with Crippen molar-refractivity contribution in [3.05, 3.63) is 11.9 Å². The average Bonchev–Trinajstić information content (AvgIpc) is 3.26. The highest BCUT2D eigenvalue weighted by Crippen LogP contribution is 2.49. The van der Waals surface area contributed by atoms with Crippen LogP contribution in [0.3, 0.4) is 0 Å². The van der Waals surface area contributed by atoms with Crippen LogP contribution in [0.5, 0.6) is 0 Å². The van der Waals surface area contributed by atoms with E-state index in [1.807, 2.05) is 37.5 Å². The number of hydrogen-bond donors (Lipinski definition) is 0. The first kappa shape index (κ1) is 32.0. The summed E-state index contributed by atoms with van der Waals surface area (Å²) in [5.74, 6) is -0.693. The van der Waals surface area contributed by atoms with Crippen molar-refractivity contribution in [3.63, 3.8) is 0 Å². The van der Waals surface area contributed by atoms with Crippen LogP contribution in [0.25, 0.3) is 0 Å². The van der Waals surface area contributed by atoms with Gasteiger partial charge in [0.05, 0.1) is 12.4 Å². The first-order valence-electron chi connectivity index (χ1n) is 15.0. The molecule has 0 radical (unpaired) electrons. The molecule has 1 saturated carbocycles. The Kier molecular flexibility index (Phi) is 8.57. The van der Waals surface area contributed by atoms with Gasteiger partial charge in [0.25, 0.3) is 10.1 Å². The molecule has 4 fully saturated rings. The highest BCUT2D eigenvalue weighted by molar-refractivity contribution is 7.86. The normalized spacial score (nSPS) is 27.0. The Balaban J connectivity index is 1.25. The summed E-state index contributed by atoms with van der Waals surface area (Å²) in [7, 11) is -3.60. The molecule has 43 heavy (non-hydrogen) atoms. The van der Waals surface area contributed by atoms with Gasteiger partial charge >= 0.3 is 12.3 Å². The van der Waals surface area contributed by atoms with Crippen LogP contribution >= 0.6 is 0 Å². The minimum absolute atomic E-state index is 0.0751. The van der Waals surface area contributed by atoms with Gasteiger partial charge in [0, 0.05) is 69.4 Å². The van der Waals surface area contributed by atoms with E-state index in [-0.39, 0.29) is 35.2 Å². The third kappa shape index (κ3) is 7.14. The maximum Gasteiger partial charge on any atom is 0.451 e. The summed E-state index contributed by atoms with van der Waals surface area (Å²) in [5, 5.41) is 0. The Hall–Kier alpha value is -2.39. The molecule has 3 saturated heterocycles. The van der Waals surface area contributed by atoms with E-state index in [1.54, 1.807) is 11.0 Å². The number of carbonyl (C=O) groups excluding carboxylic acids is 1. The number of carbonyl (C=O) groups is 1. The van der Waals surface area contributed by atoms with Crippen molar-refractivity contribution >= 4 is 27.8 Å². The molecule has 3 atom stereocenters. The highest BCUT2D eigenvalue weighted by Gasteiger charge is 2.48. The van der Waals surface area contributed by atoms with Gasteiger partial charge in [-0.25, -0.2) is 14.8 Å². The maximum absolute atomic E-state index is 13.9. The highest BCUT2D eigenvalue weighted by atomic mass is 32.2. The van der Waals surface area contributed by atoms with Gasteiger partial charge in [0.1, 0.15) is 17.2 Å². The van der Waals surface area contributed by atoms with Gasteiger partial charge in [0.2, 0.25) is 5.82 Å². The molecule has 0 aromatic carbocycles. The summed E-state index contributed by atoms with van der Waals surface area (Å²) in [6, 6.07) is 1.69. The van der Waals surface area contributed by atoms with E-state index in [9.17, 15) is 26.4 Å². The molecule has 0 N–H and O–H groups in total. The molecule has 4 heterocycles. The molecule has 4 aliphatic rings. The number of amides is 1. The van der Waals surface area contributed by atoms with E-state index in [0.29, 0.717) is 65.1 Å². The topological polar surface area (TPSA) is 108 Å². The molecule has 15 heteroatoms. The van der Waals surface area contributed by atoms with E-state index >= 15 is 0 Å². The third-order valence-electron chi connectivity index (χ3n) is 9.31. The zero-order valence-electron chi connectivity index (χ0n) is 25.6. The molecular formula is C28H43F3N6O5S. The number of ether oxygens (including phenoxy) is 1. The second-order valence-electron chi connectivity index (χ2n) is 13.4. The van der Waals surface area contributed by atoms with Crippen LogP contribution in [-0.2, 0) is 25.2 Å². The first-order chi connectivity index (χ1) is 19.9. The molecule has 242 valence electrons. The number of aromatic nitrogens is 2. The number of rotatable bonds is 5. The largest absolute Gasteiger partial charge is 0.451 e. The van der Waals surface area contributed by atoms with Crippen molar-refractivity contribution in [1.29, 1.82) is 0 Å². The number of hydrogen-bond acceptors (Lipinski definition) is 10. The average molecular weight is 633 g/mol. The molecule has 1 aromatic heterocycles. The summed E-state index contributed by atoms with van der Waals surface area (Å²) in [4.78, 5) is 28.0. The molecule has 1 aliphatic carbocycles. The molecule has 11 nitrogen and oxygen atoms in total. The Bertz CT molecular complexity index is 1290. The Morgan fingerprint density at radius 1 is 1.00 bits per heavy atom. The predicted molar refractivity (Wildman–Crippen MR) is 154 cm³/mol. The molecule has 5 rings (SSSR count). The van der Waals surface area contributed by atoms with E-state index < -0.39 is 33.8 Å². The second kappa shape index (κ2) is 11.5. The summed E-state index contributed by atoms with van der Waals surface area (Å²) >= 11 is 0. The van der Waals surface area contributed by atoms with Gasteiger partial charge in [-0.3, -0.25) is 9.08 Å². The molecule has 1 unspecified atom stereocenters. The summed E-state index contributed by atoms with van der Waals surface area (Å²) in [6.45, 7) is 11.3. The number of nitrogens with zero attached hydrogens (tertiary/aromatic N) is 6. The SMILES string of the molecule is C[C@@H]1[C@H](N2CCN(C(=O)OC(C)(C)C)CC2)CN1c1cc(N2CCC3(CCCC3OS(C)(=O)=O)CC2)nc(C(F)(F)F)n1. The monoisotopic (exact) mass is 632 g/mol. The second-order valence-corrected chi connectivity index (χ2v) is 15.0. The van der Waals surface area contributed by atoms with Gasteiger partial charge in [-0.15, -0.1) is 0 Å². The lowest BCUT2D eigenvalue weighted by Gasteiger charge is -2.53. The third-order valence-corrected chi connectivity index (χ3v) is 9.89. The van der Waals surface area contributed by atoms with E-state index in [0.717, 1.165) is 19.1 Å². The van der Waals surface area contributed by atoms with Crippen LogP contribution in [0.15, 0.2) is 6.07 Å². The minimum Gasteiger partial charge on any atom is -0.444 e. The standard InChI is InChI=1S/C28H43F3N6O5S/c1-19-20(34-13-15-36(16-14-34)25(38)41-26(2,3)4)18-37(19)23-17-22(32-24(33-23)28(29,30)31)35-11-9-27(10-12-35)8-6-7-21(27)42-43(5,39)40/h17,19-21H,6-16,18H2,1-5H3/t19-,20-,21?/m1/s1. The van der Waals surface area contributed by atoms with Gasteiger partial charge in [-0.2, -0.15) is 21.6 Å². The van der Waals surface area contributed by atoms with E-state index in [2.05, 4.69) is 14.9 Å². The Morgan fingerprint density at radius 3 is 2.19 bits per heavy atom. The summed E-state index contributed by atoms with van der Waals surface area (Å²) in [6.07, 6.45) is -0.792. The van der Waals surface area contributed by atoms with Crippen molar-refractivity contribution < 1.29 is 35.3 Å². The van der Waals surface area contributed by atoms with Crippen LogP contribution in [0.1, 0.15) is 65.6 Å². The van der Waals surface area contributed by atoms with E-state index in [4.69, 9.17) is 8.92 Å². The number of halogens is 3. The van der Waals surface area contributed by atoms with Crippen LogP contribution in [-0.4, -0.2) is 110 Å². The fraction of sp³-hybridized carbons (Fsp3) is 0.821. The lowest BCUT2D eigenvalue weighted by molar-refractivity contribution is -0.144. The summed E-state index contributed by atoms with van der Waals surface area (Å²) < 4.78 is 76.3. The number of piperidine rings is 1. The predicted octanol–water partition coefficient (Wildman–Crippen LogP) is 3.74. The van der Waals surface area contributed by atoms with Crippen molar-refractivity contribution in [3.8, 4) is 0 Å². The molecule has 1 aromatic rings. The van der Waals surface area contributed by atoms with Gasteiger partial charge < -0.3 is 19.4 Å². The fourth-order valence-corrected chi connectivity index (χ4v) is 7.68. The molecule has 3 aliphatic heterocycles. The lowest BCUT2D eigenvalue weighted by atomic mass is 9.75. The number of alkyl halides is 3. The van der Waals surface area contributed by atoms with Gasteiger partial charge in [0.15, 0.2) is 0 Å².